The molecule has 1 fully saturated rings. The average molecular weight is 329 g/mol. The molecule has 0 N–H and O–H groups in total. The molecule has 16 heavy (non-hydrogen) atoms. The normalized spacial score (nSPS) is 25.1. The zero-order valence-corrected chi connectivity index (χ0v) is 11.6. The van der Waals surface area contributed by atoms with Crippen molar-refractivity contribution in [2.24, 2.45) is 5.92 Å². The lowest BCUT2D eigenvalue weighted by atomic mass is 10.1. The van der Waals surface area contributed by atoms with Crippen molar-refractivity contribution in [2.75, 3.05) is 4.43 Å². The van der Waals surface area contributed by atoms with Crippen LogP contribution in [0.25, 0.3) is 0 Å². The number of hydrogen-bond acceptors (Lipinski definition) is 1. The summed E-state index contributed by atoms with van der Waals surface area (Å²) in [5.74, 6) is 0.508. The maximum absolute atomic E-state index is 12.0. The van der Waals surface area contributed by atoms with Crippen molar-refractivity contribution >= 4 is 28.5 Å². The molecule has 1 saturated heterocycles. The van der Waals surface area contributed by atoms with Crippen LogP contribution in [0.3, 0.4) is 0 Å². The number of alkyl halides is 1. The first kappa shape index (κ1) is 11.9. The third-order valence-corrected chi connectivity index (χ3v) is 4.16. The molecule has 1 amide bonds. The number of rotatable bonds is 3. The van der Waals surface area contributed by atoms with Crippen LogP contribution in [0.4, 0.5) is 0 Å². The van der Waals surface area contributed by atoms with E-state index in [4.69, 9.17) is 0 Å². The van der Waals surface area contributed by atoms with Crippen LogP contribution in [0.1, 0.15) is 18.9 Å². The molecule has 0 bridgehead atoms. The van der Waals surface area contributed by atoms with Crippen LogP contribution in [0, 0.1) is 5.92 Å². The van der Waals surface area contributed by atoms with Crippen molar-refractivity contribution in [3.8, 4) is 0 Å². The molecule has 86 valence electrons. The third-order valence-electron chi connectivity index (χ3n) is 3.14. The number of amides is 1. The fourth-order valence-electron chi connectivity index (χ4n) is 2.23. The Morgan fingerprint density at radius 3 is 2.69 bits per heavy atom. The molecule has 1 aliphatic heterocycles. The molecular weight excluding hydrogens is 313 g/mol. The highest BCUT2D eigenvalue weighted by atomic mass is 127. The average Bonchev–Trinajstić information content (AvgIpc) is 2.58. The van der Waals surface area contributed by atoms with Gasteiger partial charge in [-0.3, -0.25) is 4.79 Å². The van der Waals surface area contributed by atoms with Crippen LogP contribution in [0.15, 0.2) is 30.3 Å². The van der Waals surface area contributed by atoms with E-state index in [0.717, 1.165) is 17.4 Å². The van der Waals surface area contributed by atoms with Gasteiger partial charge in [-0.25, -0.2) is 0 Å². The van der Waals surface area contributed by atoms with Gasteiger partial charge in [0.05, 0.1) is 0 Å². The molecule has 0 radical (unpaired) electrons. The minimum absolute atomic E-state index is 0.198. The van der Waals surface area contributed by atoms with E-state index in [1.54, 1.807) is 0 Å². The number of carbonyl (C=O) groups excluding carboxylic acids is 1. The van der Waals surface area contributed by atoms with Gasteiger partial charge < -0.3 is 4.90 Å². The van der Waals surface area contributed by atoms with Gasteiger partial charge in [-0.2, -0.15) is 0 Å². The summed E-state index contributed by atoms with van der Waals surface area (Å²) in [4.78, 5) is 14.0. The Morgan fingerprint density at radius 2 is 2.06 bits per heavy atom. The molecule has 1 heterocycles. The highest BCUT2D eigenvalue weighted by Crippen LogP contribution is 2.27. The first-order chi connectivity index (χ1) is 7.72. The van der Waals surface area contributed by atoms with Gasteiger partial charge in [0, 0.05) is 22.9 Å². The number of halogens is 1. The number of carbonyl (C=O) groups is 1. The number of nitrogens with zero attached hydrogens (tertiary/aromatic N) is 1. The second-order valence-corrected chi connectivity index (χ2v) is 5.28. The van der Waals surface area contributed by atoms with Crippen LogP contribution < -0.4 is 0 Å². The van der Waals surface area contributed by atoms with E-state index in [1.165, 1.54) is 5.56 Å². The second kappa shape index (κ2) is 5.17. The Bertz CT molecular complexity index is 365. The molecule has 1 aromatic rings. The van der Waals surface area contributed by atoms with Gasteiger partial charge in [-0.1, -0.05) is 59.8 Å². The highest BCUT2D eigenvalue weighted by molar-refractivity contribution is 14.1. The fourth-order valence-corrected chi connectivity index (χ4v) is 3.07. The lowest BCUT2D eigenvalue weighted by Crippen LogP contribution is -2.34. The summed E-state index contributed by atoms with van der Waals surface area (Å²) in [6.45, 7) is 2.80. The predicted molar refractivity (Wildman–Crippen MR) is 73.4 cm³/mol. The monoisotopic (exact) mass is 329 g/mol. The van der Waals surface area contributed by atoms with Crippen LogP contribution >= 0.6 is 22.6 Å². The number of hydrogen-bond donors (Lipinski definition) is 0. The van der Waals surface area contributed by atoms with Crippen LogP contribution in [0.5, 0.6) is 0 Å². The molecular formula is C13H16INO. The zero-order chi connectivity index (χ0) is 11.5. The zero-order valence-electron chi connectivity index (χ0n) is 9.40. The van der Waals surface area contributed by atoms with Crippen LogP contribution in [-0.2, 0) is 11.3 Å². The number of benzene rings is 1. The molecule has 3 heteroatoms. The summed E-state index contributed by atoms with van der Waals surface area (Å²) in [5, 5.41) is 0. The first-order valence-corrected chi connectivity index (χ1v) is 7.15. The Kier molecular flexibility index (Phi) is 3.84. The molecule has 2 atom stereocenters. The topological polar surface area (TPSA) is 20.3 Å². The van der Waals surface area contributed by atoms with Crippen molar-refractivity contribution in [2.45, 2.75) is 25.9 Å². The maximum atomic E-state index is 12.0. The SMILES string of the molecule is C[C@@H]1C[C@H](CI)N(Cc2ccccc2)C1=O. The van der Waals surface area contributed by atoms with Crippen molar-refractivity contribution in [3.05, 3.63) is 35.9 Å². The van der Waals surface area contributed by atoms with Gasteiger partial charge in [-0.15, -0.1) is 0 Å². The standard InChI is InChI=1S/C13H16INO/c1-10-7-12(8-14)15(13(10)16)9-11-5-3-2-4-6-11/h2-6,10,12H,7-9H2,1H3/t10-,12-/m1/s1. The van der Waals surface area contributed by atoms with Crippen molar-refractivity contribution < 1.29 is 4.79 Å². The van der Waals surface area contributed by atoms with Crippen LogP contribution in [0.2, 0.25) is 0 Å². The molecule has 0 aromatic heterocycles. The van der Waals surface area contributed by atoms with Gasteiger partial charge in [-0.05, 0) is 12.0 Å². The Labute approximate surface area is 110 Å². The fraction of sp³-hybridized carbons (Fsp3) is 0.462. The summed E-state index contributed by atoms with van der Waals surface area (Å²) >= 11 is 2.37. The third kappa shape index (κ3) is 2.39. The van der Waals surface area contributed by atoms with E-state index in [2.05, 4.69) is 34.7 Å². The van der Waals surface area contributed by atoms with E-state index >= 15 is 0 Å². The molecule has 2 nitrogen and oxygen atoms in total. The second-order valence-electron chi connectivity index (χ2n) is 4.40. The maximum Gasteiger partial charge on any atom is 0.226 e. The molecule has 2 rings (SSSR count). The summed E-state index contributed by atoms with van der Waals surface area (Å²) in [5.41, 5.74) is 1.22. The van der Waals surface area contributed by atoms with E-state index in [-0.39, 0.29) is 5.92 Å². The van der Waals surface area contributed by atoms with Crippen molar-refractivity contribution in [3.63, 3.8) is 0 Å². The van der Waals surface area contributed by atoms with Gasteiger partial charge in [0.25, 0.3) is 0 Å². The lowest BCUT2D eigenvalue weighted by Gasteiger charge is -2.23. The molecule has 1 aromatic carbocycles. The highest BCUT2D eigenvalue weighted by Gasteiger charge is 2.35. The largest absolute Gasteiger partial charge is 0.334 e. The molecule has 0 aliphatic carbocycles. The van der Waals surface area contributed by atoms with Gasteiger partial charge in [0.1, 0.15) is 0 Å². The minimum Gasteiger partial charge on any atom is -0.334 e. The molecule has 0 saturated carbocycles. The van der Waals surface area contributed by atoms with E-state index in [0.29, 0.717) is 11.9 Å². The van der Waals surface area contributed by atoms with Gasteiger partial charge in [0.2, 0.25) is 5.91 Å². The summed E-state index contributed by atoms with van der Waals surface area (Å²) in [7, 11) is 0. The van der Waals surface area contributed by atoms with E-state index in [1.807, 2.05) is 30.0 Å². The first-order valence-electron chi connectivity index (χ1n) is 5.62. The lowest BCUT2D eigenvalue weighted by molar-refractivity contribution is -0.131. The Morgan fingerprint density at radius 1 is 1.38 bits per heavy atom. The summed E-state index contributed by atoms with van der Waals surface area (Å²) < 4.78 is 1.03. The van der Waals surface area contributed by atoms with E-state index < -0.39 is 0 Å². The van der Waals surface area contributed by atoms with Crippen LogP contribution in [-0.4, -0.2) is 21.3 Å². The summed E-state index contributed by atoms with van der Waals surface area (Å²) in [6.07, 6.45) is 1.01. The Balaban J connectivity index is 2.11. The molecule has 0 spiro atoms. The molecule has 1 aliphatic rings. The molecule has 0 unspecified atom stereocenters. The summed E-state index contributed by atoms with van der Waals surface area (Å²) in [6, 6.07) is 10.6. The van der Waals surface area contributed by atoms with Crippen molar-refractivity contribution in [1.82, 2.24) is 4.90 Å². The Hall–Kier alpha value is -0.580. The number of likely N-dealkylation sites (tertiary alicyclic amines) is 1. The van der Waals surface area contributed by atoms with Crippen molar-refractivity contribution in [1.29, 1.82) is 0 Å². The van der Waals surface area contributed by atoms with Gasteiger partial charge in [0.15, 0.2) is 0 Å². The predicted octanol–water partition coefficient (Wildman–Crippen LogP) is 2.86. The smallest absolute Gasteiger partial charge is 0.226 e. The van der Waals surface area contributed by atoms with Gasteiger partial charge >= 0.3 is 0 Å². The van der Waals surface area contributed by atoms with E-state index in [9.17, 15) is 4.79 Å². The minimum atomic E-state index is 0.198. The quantitative estimate of drug-likeness (QED) is 0.617.